The summed E-state index contributed by atoms with van der Waals surface area (Å²) < 4.78 is 5.62. The lowest BCUT2D eigenvalue weighted by atomic mass is 10.1. The maximum absolute atomic E-state index is 12.0. The number of aromatic nitrogens is 2. The third-order valence-corrected chi connectivity index (χ3v) is 3.44. The first kappa shape index (κ1) is 17.2. The van der Waals surface area contributed by atoms with E-state index in [0.29, 0.717) is 5.75 Å². The summed E-state index contributed by atoms with van der Waals surface area (Å²) in [7, 11) is 0. The molecule has 0 aliphatic carbocycles. The molecule has 2 rings (SSSR count). The summed E-state index contributed by atoms with van der Waals surface area (Å²) in [4.78, 5) is 34.7. The Hall–Kier alpha value is -3.16. The Labute approximate surface area is 138 Å². The number of hydrogen-bond acceptors (Lipinski definition) is 5. The molecule has 0 fully saturated rings. The largest absolute Gasteiger partial charge is 0.481 e. The van der Waals surface area contributed by atoms with E-state index in [2.05, 4.69) is 21.0 Å². The van der Waals surface area contributed by atoms with E-state index >= 15 is 0 Å². The number of benzene rings is 1. The third kappa shape index (κ3) is 4.19. The number of carbonyl (C=O) groups excluding carboxylic acids is 2. The van der Waals surface area contributed by atoms with Crippen molar-refractivity contribution in [3.05, 3.63) is 57.5 Å². The lowest BCUT2D eigenvalue weighted by Gasteiger charge is -2.17. The van der Waals surface area contributed by atoms with Crippen molar-refractivity contribution in [2.75, 3.05) is 0 Å². The topological polar surface area (TPSA) is 113 Å². The average Bonchev–Trinajstić information content (AvgIpc) is 2.57. The average molecular weight is 330 g/mol. The Kier molecular flexibility index (Phi) is 5.31. The fourth-order valence-corrected chi connectivity index (χ4v) is 1.85. The van der Waals surface area contributed by atoms with Gasteiger partial charge >= 0.3 is 0 Å². The van der Waals surface area contributed by atoms with Gasteiger partial charge in [-0.05, 0) is 44.0 Å². The third-order valence-electron chi connectivity index (χ3n) is 3.44. The first-order valence-electron chi connectivity index (χ1n) is 7.27. The number of aryl methyl sites for hydroxylation is 1. The van der Waals surface area contributed by atoms with Gasteiger partial charge in [0, 0.05) is 6.07 Å². The molecule has 126 valence electrons. The number of nitrogens with zero attached hydrogens (tertiary/aromatic N) is 1. The van der Waals surface area contributed by atoms with E-state index < -0.39 is 23.5 Å². The van der Waals surface area contributed by atoms with Gasteiger partial charge in [-0.3, -0.25) is 25.2 Å². The molecule has 1 heterocycles. The molecule has 0 bridgehead atoms. The molecule has 8 nitrogen and oxygen atoms in total. The van der Waals surface area contributed by atoms with Crippen molar-refractivity contribution in [3.8, 4) is 5.75 Å². The first-order valence-corrected chi connectivity index (χ1v) is 7.27. The zero-order chi connectivity index (χ0) is 17.7. The summed E-state index contributed by atoms with van der Waals surface area (Å²) in [6.07, 6.45) is -0.811. The quantitative estimate of drug-likeness (QED) is 0.711. The smallest absolute Gasteiger partial charge is 0.290 e. The van der Waals surface area contributed by atoms with Crippen molar-refractivity contribution >= 4 is 11.8 Å². The van der Waals surface area contributed by atoms with Crippen LogP contribution in [0.4, 0.5) is 0 Å². The molecule has 1 aromatic carbocycles. The number of rotatable bonds is 4. The number of H-pyrrole nitrogens is 1. The predicted molar refractivity (Wildman–Crippen MR) is 86.5 cm³/mol. The van der Waals surface area contributed by atoms with Crippen LogP contribution >= 0.6 is 0 Å². The fourth-order valence-electron chi connectivity index (χ4n) is 1.85. The molecule has 0 aliphatic rings. The van der Waals surface area contributed by atoms with Gasteiger partial charge in [-0.2, -0.15) is 5.10 Å². The fraction of sp³-hybridized carbons (Fsp3) is 0.250. The van der Waals surface area contributed by atoms with Crippen LogP contribution in [0.2, 0.25) is 0 Å². The van der Waals surface area contributed by atoms with Gasteiger partial charge in [-0.25, -0.2) is 5.10 Å². The van der Waals surface area contributed by atoms with E-state index in [9.17, 15) is 14.4 Å². The molecule has 8 heteroatoms. The summed E-state index contributed by atoms with van der Waals surface area (Å²) in [6, 6.07) is 7.97. The van der Waals surface area contributed by atoms with Crippen LogP contribution in [0.25, 0.3) is 0 Å². The summed E-state index contributed by atoms with van der Waals surface area (Å²) >= 11 is 0. The molecule has 0 aliphatic heterocycles. The van der Waals surface area contributed by atoms with Crippen LogP contribution < -0.4 is 21.1 Å². The van der Waals surface area contributed by atoms with Gasteiger partial charge in [-0.1, -0.05) is 12.1 Å². The van der Waals surface area contributed by atoms with Gasteiger partial charge in [0.2, 0.25) is 0 Å². The highest BCUT2D eigenvalue weighted by atomic mass is 16.5. The standard InChI is InChI=1S/C16H18N4O4/c1-9-5-4-6-13(10(9)2)24-11(3)15(22)19-20-16(23)12-7-8-14(21)18-17-12/h4-8,11H,1-3H3,(H,18,21)(H,19,22)(H,20,23)/t11-/m1/s1. The number of hydrazine groups is 1. The molecule has 1 atom stereocenters. The summed E-state index contributed by atoms with van der Waals surface area (Å²) in [6.45, 7) is 5.42. The molecule has 1 aromatic heterocycles. The minimum Gasteiger partial charge on any atom is -0.481 e. The minimum atomic E-state index is -0.811. The van der Waals surface area contributed by atoms with Crippen molar-refractivity contribution < 1.29 is 14.3 Å². The number of amides is 2. The van der Waals surface area contributed by atoms with Crippen LogP contribution in [-0.2, 0) is 4.79 Å². The molecule has 3 N–H and O–H groups in total. The van der Waals surface area contributed by atoms with E-state index in [1.54, 1.807) is 13.0 Å². The lowest BCUT2D eigenvalue weighted by molar-refractivity contribution is -0.128. The van der Waals surface area contributed by atoms with Gasteiger partial charge in [-0.15, -0.1) is 0 Å². The second-order valence-electron chi connectivity index (χ2n) is 5.21. The van der Waals surface area contributed by atoms with E-state index in [0.717, 1.165) is 17.2 Å². The minimum absolute atomic E-state index is 0.0296. The van der Waals surface area contributed by atoms with Crippen molar-refractivity contribution in [3.63, 3.8) is 0 Å². The van der Waals surface area contributed by atoms with Gasteiger partial charge in [0.05, 0.1) is 0 Å². The number of ether oxygens (including phenoxy) is 1. The second-order valence-corrected chi connectivity index (χ2v) is 5.21. The monoisotopic (exact) mass is 330 g/mol. The van der Waals surface area contributed by atoms with Crippen LogP contribution in [0, 0.1) is 13.8 Å². The van der Waals surface area contributed by atoms with Gasteiger partial charge in [0.15, 0.2) is 11.8 Å². The zero-order valence-corrected chi connectivity index (χ0v) is 13.5. The maximum atomic E-state index is 12.0. The molecule has 0 spiro atoms. The summed E-state index contributed by atoms with van der Waals surface area (Å²) in [5.74, 6) is -0.571. The van der Waals surface area contributed by atoms with Crippen molar-refractivity contribution in [2.24, 2.45) is 0 Å². The molecule has 0 saturated heterocycles. The molecule has 2 amide bonds. The number of aromatic amines is 1. The zero-order valence-electron chi connectivity index (χ0n) is 13.5. The van der Waals surface area contributed by atoms with Crippen LogP contribution in [0.1, 0.15) is 28.5 Å². The Morgan fingerprint density at radius 2 is 1.92 bits per heavy atom. The van der Waals surface area contributed by atoms with Gasteiger partial charge in [0.25, 0.3) is 17.4 Å². The normalized spacial score (nSPS) is 11.5. The van der Waals surface area contributed by atoms with Crippen LogP contribution in [-0.4, -0.2) is 28.1 Å². The Bertz CT molecular complexity index is 795. The molecular weight excluding hydrogens is 312 g/mol. The number of nitrogens with one attached hydrogen (secondary N) is 3. The highest BCUT2D eigenvalue weighted by Crippen LogP contribution is 2.21. The molecule has 2 aromatic rings. The van der Waals surface area contributed by atoms with Crippen molar-refractivity contribution in [2.45, 2.75) is 26.9 Å². The van der Waals surface area contributed by atoms with Gasteiger partial charge < -0.3 is 4.74 Å². The molecule has 0 unspecified atom stereocenters. The first-order chi connectivity index (χ1) is 11.4. The van der Waals surface area contributed by atoms with Crippen LogP contribution in [0.3, 0.4) is 0 Å². The van der Waals surface area contributed by atoms with Crippen molar-refractivity contribution in [1.82, 2.24) is 21.0 Å². The van der Waals surface area contributed by atoms with Crippen LogP contribution in [0.15, 0.2) is 35.1 Å². The predicted octanol–water partition coefficient (Wildman–Crippen LogP) is 0.615. The SMILES string of the molecule is Cc1cccc(O[C@H](C)C(=O)NNC(=O)c2ccc(=O)[nH]n2)c1C. The Morgan fingerprint density at radius 3 is 2.58 bits per heavy atom. The molecule has 0 radical (unpaired) electrons. The maximum Gasteiger partial charge on any atom is 0.290 e. The van der Waals surface area contributed by atoms with Crippen molar-refractivity contribution in [1.29, 1.82) is 0 Å². The van der Waals surface area contributed by atoms with Gasteiger partial charge in [0.1, 0.15) is 5.75 Å². The number of hydrogen-bond donors (Lipinski definition) is 3. The summed E-state index contributed by atoms with van der Waals surface area (Å²) in [5.41, 5.74) is 6.00. The highest BCUT2D eigenvalue weighted by Gasteiger charge is 2.17. The number of carbonyl (C=O) groups is 2. The molecular formula is C16H18N4O4. The Balaban J connectivity index is 1.92. The van der Waals surface area contributed by atoms with E-state index in [1.807, 2.05) is 26.0 Å². The van der Waals surface area contributed by atoms with E-state index in [4.69, 9.17) is 4.74 Å². The lowest BCUT2D eigenvalue weighted by Crippen LogP contribution is -2.47. The summed E-state index contributed by atoms with van der Waals surface area (Å²) in [5, 5.41) is 5.69. The second kappa shape index (κ2) is 7.40. The molecule has 24 heavy (non-hydrogen) atoms. The molecule has 0 saturated carbocycles. The highest BCUT2D eigenvalue weighted by molar-refractivity contribution is 5.93. The van der Waals surface area contributed by atoms with Crippen LogP contribution in [0.5, 0.6) is 5.75 Å². The van der Waals surface area contributed by atoms with E-state index in [1.165, 1.54) is 6.07 Å². The Morgan fingerprint density at radius 1 is 1.17 bits per heavy atom. The van der Waals surface area contributed by atoms with E-state index in [-0.39, 0.29) is 5.69 Å².